The van der Waals surface area contributed by atoms with Gasteiger partial charge >= 0.3 is 0 Å². The molecule has 0 atom stereocenters. The van der Waals surface area contributed by atoms with E-state index >= 15 is 0 Å². The largest absolute Gasteiger partial charge is 0.507 e. The summed E-state index contributed by atoms with van der Waals surface area (Å²) < 4.78 is 0. The first-order chi connectivity index (χ1) is 8.88. The molecular formula is C14H20N2O3. The highest BCUT2D eigenvalue weighted by atomic mass is 16.3. The molecular weight excluding hydrogens is 244 g/mol. The number of nitrogens with zero attached hydrogens (tertiary/aromatic N) is 2. The van der Waals surface area contributed by atoms with E-state index in [1.54, 1.807) is 46.1 Å². The molecule has 1 rings (SSSR count). The van der Waals surface area contributed by atoms with Gasteiger partial charge in [0.1, 0.15) is 5.75 Å². The van der Waals surface area contributed by atoms with Crippen LogP contribution in [0.3, 0.4) is 0 Å². The highest BCUT2D eigenvalue weighted by Gasteiger charge is 2.21. The maximum Gasteiger partial charge on any atom is 0.258 e. The van der Waals surface area contributed by atoms with Crippen LogP contribution in [0.1, 0.15) is 22.8 Å². The summed E-state index contributed by atoms with van der Waals surface area (Å²) in [7, 11) is 3.29. The lowest BCUT2D eigenvalue weighted by atomic mass is 10.1. The number of carbonyl (C=O) groups is 2. The molecule has 2 amide bonds. The van der Waals surface area contributed by atoms with E-state index in [0.29, 0.717) is 12.1 Å². The SMILES string of the molecule is CCN(CC(=O)N(C)C)C(=O)c1cccc(C)c1O. The molecule has 0 spiro atoms. The fourth-order valence-electron chi connectivity index (χ4n) is 1.63. The van der Waals surface area contributed by atoms with E-state index in [2.05, 4.69) is 0 Å². The molecule has 1 aromatic rings. The number of para-hydroxylation sites is 1. The van der Waals surface area contributed by atoms with Crippen LogP contribution < -0.4 is 0 Å². The Balaban J connectivity index is 2.96. The number of aryl methyl sites for hydroxylation is 1. The molecule has 1 N–H and O–H groups in total. The normalized spacial score (nSPS) is 10.1. The molecule has 0 saturated carbocycles. The molecule has 0 aliphatic rings. The molecule has 5 heteroatoms. The predicted octanol–water partition coefficient (Wildman–Crippen LogP) is 1.25. The van der Waals surface area contributed by atoms with Crippen LogP contribution in [0.4, 0.5) is 0 Å². The first-order valence-corrected chi connectivity index (χ1v) is 6.16. The minimum absolute atomic E-state index is 0.00964. The van der Waals surface area contributed by atoms with Crippen LogP contribution in [0, 0.1) is 6.92 Å². The van der Waals surface area contributed by atoms with Crippen molar-refractivity contribution in [3.63, 3.8) is 0 Å². The van der Waals surface area contributed by atoms with Crippen molar-refractivity contribution in [2.45, 2.75) is 13.8 Å². The molecule has 0 aliphatic carbocycles. The Kier molecular flexibility index (Phi) is 4.92. The third-order valence-electron chi connectivity index (χ3n) is 2.96. The summed E-state index contributed by atoms with van der Waals surface area (Å²) in [4.78, 5) is 26.8. The maximum atomic E-state index is 12.3. The fraction of sp³-hybridized carbons (Fsp3) is 0.429. The quantitative estimate of drug-likeness (QED) is 0.890. The number of likely N-dealkylation sites (N-methyl/N-ethyl adjacent to an activating group) is 2. The van der Waals surface area contributed by atoms with Gasteiger partial charge in [-0.1, -0.05) is 12.1 Å². The van der Waals surface area contributed by atoms with Crippen LogP contribution in [0.5, 0.6) is 5.75 Å². The molecule has 0 aromatic heterocycles. The van der Waals surface area contributed by atoms with E-state index in [1.807, 2.05) is 0 Å². The highest BCUT2D eigenvalue weighted by molar-refractivity contribution is 5.99. The van der Waals surface area contributed by atoms with Gasteiger partial charge in [0, 0.05) is 20.6 Å². The minimum atomic E-state index is -0.334. The third kappa shape index (κ3) is 3.47. The van der Waals surface area contributed by atoms with E-state index in [9.17, 15) is 14.7 Å². The zero-order valence-electron chi connectivity index (χ0n) is 11.8. The minimum Gasteiger partial charge on any atom is -0.507 e. The Hall–Kier alpha value is -2.04. The summed E-state index contributed by atoms with van der Waals surface area (Å²) in [6, 6.07) is 5.00. The van der Waals surface area contributed by atoms with E-state index in [1.165, 1.54) is 9.80 Å². The second-order valence-corrected chi connectivity index (χ2v) is 4.58. The van der Waals surface area contributed by atoms with Crippen molar-refractivity contribution < 1.29 is 14.7 Å². The number of phenolic OH excluding ortho intramolecular Hbond substituents is 1. The van der Waals surface area contributed by atoms with Crippen LogP contribution in [0.15, 0.2) is 18.2 Å². The molecule has 19 heavy (non-hydrogen) atoms. The summed E-state index contributed by atoms with van der Waals surface area (Å²) in [6.07, 6.45) is 0. The smallest absolute Gasteiger partial charge is 0.258 e. The Morgan fingerprint density at radius 1 is 1.26 bits per heavy atom. The number of rotatable bonds is 4. The molecule has 0 bridgehead atoms. The van der Waals surface area contributed by atoms with Gasteiger partial charge in [-0.2, -0.15) is 0 Å². The maximum absolute atomic E-state index is 12.3. The van der Waals surface area contributed by atoms with Gasteiger partial charge in [0.25, 0.3) is 5.91 Å². The monoisotopic (exact) mass is 264 g/mol. The fourth-order valence-corrected chi connectivity index (χ4v) is 1.63. The van der Waals surface area contributed by atoms with Crippen molar-refractivity contribution in [1.82, 2.24) is 9.80 Å². The first-order valence-electron chi connectivity index (χ1n) is 6.16. The van der Waals surface area contributed by atoms with E-state index in [0.717, 1.165) is 0 Å². The van der Waals surface area contributed by atoms with Gasteiger partial charge in [0.05, 0.1) is 12.1 Å². The molecule has 0 radical (unpaired) electrons. The number of hydrogen-bond acceptors (Lipinski definition) is 3. The van der Waals surface area contributed by atoms with E-state index in [4.69, 9.17) is 0 Å². The van der Waals surface area contributed by atoms with Gasteiger partial charge in [-0.15, -0.1) is 0 Å². The van der Waals surface area contributed by atoms with Crippen LogP contribution in [-0.4, -0.2) is 53.9 Å². The van der Waals surface area contributed by atoms with Crippen LogP contribution >= 0.6 is 0 Å². The zero-order chi connectivity index (χ0) is 14.6. The Morgan fingerprint density at radius 2 is 1.89 bits per heavy atom. The van der Waals surface area contributed by atoms with Crippen molar-refractivity contribution in [3.05, 3.63) is 29.3 Å². The number of hydrogen-bond donors (Lipinski definition) is 1. The lowest BCUT2D eigenvalue weighted by Crippen LogP contribution is -2.40. The van der Waals surface area contributed by atoms with Crippen LogP contribution in [0.25, 0.3) is 0 Å². The molecule has 0 heterocycles. The van der Waals surface area contributed by atoms with Crippen molar-refractivity contribution in [2.24, 2.45) is 0 Å². The Bertz CT molecular complexity index is 484. The van der Waals surface area contributed by atoms with Crippen LogP contribution in [-0.2, 0) is 4.79 Å². The predicted molar refractivity (Wildman–Crippen MR) is 73.1 cm³/mol. The van der Waals surface area contributed by atoms with Gasteiger partial charge in [-0.25, -0.2) is 0 Å². The second kappa shape index (κ2) is 6.22. The summed E-state index contributed by atoms with van der Waals surface area (Å²) in [5.41, 5.74) is 0.870. The average Bonchev–Trinajstić information content (AvgIpc) is 2.38. The summed E-state index contributed by atoms with van der Waals surface area (Å²) in [5.74, 6) is -0.510. The molecule has 1 aromatic carbocycles. The number of phenols is 1. The van der Waals surface area contributed by atoms with E-state index < -0.39 is 0 Å². The van der Waals surface area contributed by atoms with Crippen molar-refractivity contribution >= 4 is 11.8 Å². The summed E-state index contributed by atoms with van der Waals surface area (Å²) in [6.45, 7) is 3.95. The first kappa shape index (κ1) is 15.0. The third-order valence-corrected chi connectivity index (χ3v) is 2.96. The van der Waals surface area contributed by atoms with Gasteiger partial charge in [0.2, 0.25) is 5.91 Å². The average molecular weight is 264 g/mol. The topological polar surface area (TPSA) is 60.9 Å². The second-order valence-electron chi connectivity index (χ2n) is 4.58. The number of amides is 2. The summed E-state index contributed by atoms with van der Waals surface area (Å²) in [5, 5.41) is 9.91. The number of benzene rings is 1. The molecule has 104 valence electrons. The molecule has 0 saturated heterocycles. The molecule has 0 aliphatic heterocycles. The van der Waals surface area contributed by atoms with Crippen LogP contribution in [0.2, 0.25) is 0 Å². The van der Waals surface area contributed by atoms with Gasteiger partial charge in [-0.05, 0) is 25.5 Å². The van der Waals surface area contributed by atoms with Crippen molar-refractivity contribution in [1.29, 1.82) is 0 Å². The van der Waals surface area contributed by atoms with Gasteiger partial charge in [-0.3, -0.25) is 9.59 Å². The number of aromatic hydroxyl groups is 1. The lowest BCUT2D eigenvalue weighted by Gasteiger charge is -2.22. The zero-order valence-corrected chi connectivity index (χ0v) is 11.8. The van der Waals surface area contributed by atoms with Crippen molar-refractivity contribution in [3.8, 4) is 5.75 Å². The highest BCUT2D eigenvalue weighted by Crippen LogP contribution is 2.22. The van der Waals surface area contributed by atoms with E-state index in [-0.39, 0.29) is 29.7 Å². The molecule has 5 nitrogen and oxygen atoms in total. The Morgan fingerprint density at radius 3 is 2.42 bits per heavy atom. The molecule has 0 unspecified atom stereocenters. The molecule has 0 fully saturated rings. The lowest BCUT2D eigenvalue weighted by molar-refractivity contribution is -0.129. The van der Waals surface area contributed by atoms with Gasteiger partial charge < -0.3 is 14.9 Å². The summed E-state index contributed by atoms with van der Waals surface area (Å²) >= 11 is 0. The van der Waals surface area contributed by atoms with Crippen molar-refractivity contribution in [2.75, 3.05) is 27.2 Å². The standard InChI is InChI=1S/C14H20N2O3/c1-5-16(9-12(17)15(3)4)14(19)11-8-6-7-10(2)13(11)18/h6-8,18H,5,9H2,1-4H3. The Labute approximate surface area is 113 Å². The van der Waals surface area contributed by atoms with Gasteiger partial charge in [0.15, 0.2) is 0 Å². The number of carbonyl (C=O) groups excluding carboxylic acids is 2.